The number of halogens is 1. The van der Waals surface area contributed by atoms with Gasteiger partial charge < -0.3 is 15.0 Å². The van der Waals surface area contributed by atoms with Crippen LogP contribution in [0.5, 0.6) is 0 Å². The lowest BCUT2D eigenvalue weighted by Crippen LogP contribution is -2.41. The second-order valence-corrected chi connectivity index (χ2v) is 7.19. The molecule has 2 N–H and O–H groups in total. The molecule has 0 aromatic heterocycles. The van der Waals surface area contributed by atoms with E-state index in [-0.39, 0.29) is 16.9 Å². The smallest absolute Gasteiger partial charge is 0.257 e. The van der Waals surface area contributed by atoms with E-state index in [1.54, 1.807) is 53.4 Å². The van der Waals surface area contributed by atoms with Gasteiger partial charge in [-0.25, -0.2) is 0 Å². The lowest BCUT2D eigenvalue weighted by molar-refractivity contribution is 0.0303. The van der Waals surface area contributed by atoms with E-state index in [1.807, 2.05) is 0 Å². The third kappa shape index (κ3) is 5.12. The second kappa shape index (κ2) is 9.07. The number of carbonyl (C=O) groups excluding carboxylic acids is 2. The number of nitrogens with one attached hydrogen (secondary N) is 2. The summed E-state index contributed by atoms with van der Waals surface area (Å²) in [6, 6.07) is 14.0. The van der Waals surface area contributed by atoms with Crippen LogP contribution in [0.25, 0.3) is 0 Å². The molecule has 0 radical (unpaired) electrons. The number of carbonyl (C=O) groups is 2. The topological polar surface area (TPSA) is 70.7 Å². The minimum atomic E-state index is -0.322. The maximum atomic E-state index is 12.8. The van der Waals surface area contributed by atoms with Crippen LogP contribution in [0.15, 0.2) is 53.0 Å². The van der Waals surface area contributed by atoms with Crippen molar-refractivity contribution in [1.82, 2.24) is 10.2 Å². The highest BCUT2D eigenvalue weighted by Crippen LogP contribution is 2.18. The number of thiocarbonyl (C=S) groups is 1. The fourth-order valence-electron chi connectivity index (χ4n) is 2.65. The van der Waals surface area contributed by atoms with Gasteiger partial charge in [-0.3, -0.25) is 14.9 Å². The number of para-hydroxylation sites is 1. The van der Waals surface area contributed by atoms with Gasteiger partial charge in [0.05, 0.1) is 24.5 Å². The van der Waals surface area contributed by atoms with Crippen LogP contribution in [0, 0.1) is 0 Å². The summed E-state index contributed by atoms with van der Waals surface area (Å²) in [6.07, 6.45) is 0. The number of morpholine rings is 1. The molecule has 1 aliphatic rings. The Bertz CT molecular complexity index is 852. The van der Waals surface area contributed by atoms with Gasteiger partial charge in [-0.15, -0.1) is 0 Å². The fourth-order valence-corrected chi connectivity index (χ4v) is 3.11. The first-order valence-corrected chi connectivity index (χ1v) is 9.58. The van der Waals surface area contributed by atoms with Gasteiger partial charge in [0.15, 0.2) is 5.11 Å². The highest BCUT2D eigenvalue weighted by atomic mass is 79.9. The molecule has 0 spiro atoms. The second-order valence-electron chi connectivity index (χ2n) is 5.87. The maximum Gasteiger partial charge on any atom is 0.257 e. The van der Waals surface area contributed by atoms with Crippen LogP contribution < -0.4 is 10.6 Å². The summed E-state index contributed by atoms with van der Waals surface area (Å²) in [6.45, 7) is 2.17. The molecule has 1 aliphatic heterocycles. The third-order valence-electron chi connectivity index (χ3n) is 4.04. The maximum absolute atomic E-state index is 12.8. The van der Waals surface area contributed by atoms with Crippen molar-refractivity contribution in [2.45, 2.75) is 0 Å². The summed E-state index contributed by atoms with van der Waals surface area (Å²) in [5.74, 6) is -0.416. The van der Waals surface area contributed by atoms with E-state index in [1.165, 1.54) is 0 Å². The standard InChI is InChI=1S/C19H18BrN3O3S/c20-14-7-5-13(6-8-14)17(24)22-19(27)21-16-4-2-1-3-15(16)18(25)23-9-11-26-12-10-23/h1-8H,9-12H2,(H2,21,22,24,27). The highest BCUT2D eigenvalue weighted by Gasteiger charge is 2.21. The van der Waals surface area contributed by atoms with Crippen molar-refractivity contribution in [3.8, 4) is 0 Å². The van der Waals surface area contributed by atoms with Crippen LogP contribution in [-0.4, -0.2) is 48.1 Å². The van der Waals surface area contributed by atoms with Crippen molar-refractivity contribution < 1.29 is 14.3 Å². The lowest BCUT2D eigenvalue weighted by atomic mass is 10.1. The third-order valence-corrected chi connectivity index (χ3v) is 4.77. The first-order chi connectivity index (χ1) is 13.0. The zero-order valence-corrected chi connectivity index (χ0v) is 16.8. The lowest BCUT2D eigenvalue weighted by Gasteiger charge is -2.27. The van der Waals surface area contributed by atoms with Crippen LogP contribution in [-0.2, 0) is 4.74 Å². The van der Waals surface area contributed by atoms with Gasteiger partial charge in [0.1, 0.15) is 0 Å². The van der Waals surface area contributed by atoms with Gasteiger partial charge in [0, 0.05) is 23.1 Å². The number of hydrogen-bond donors (Lipinski definition) is 2. The predicted octanol–water partition coefficient (Wildman–Crippen LogP) is 3.05. The van der Waals surface area contributed by atoms with Crippen LogP contribution in [0.2, 0.25) is 0 Å². The summed E-state index contributed by atoms with van der Waals surface area (Å²) in [7, 11) is 0. The molecule has 1 saturated heterocycles. The summed E-state index contributed by atoms with van der Waals surface area (Å²) in [5, 5.41) is 5.71. The Hall–Kier alpha value is -2.29. The number of rotatable bonds is 3. The zero-order valence-electron chi connectivity index (χ0n) is 14.4. The van der Waals surface area contributed by atoms with Gasteiger partial charge >= 0.3 is 0 Å². The van der Waals surface area contributed by atoms with Crippen molar-refractivity contribution in [2.24, 2.45) is 0 Å². The average Bonchev–Trinajstić information content (AvgIpc) is 2.69. The molecule has 8 heteroatoms. The number of benzene rings is 2. The van der Waals surface area contributed by atoms with Crippen LogP contribution in [0.1, 0.15) is 20.7 Å². The van der Waals surface area contributed by atoms with E-state index in [0.29, 0.717) is 43.1 Å². The van der Waals surface area contributed by atoms with Crippen molar-refractivity contribution in [2.75, 3.05) is 31.6 Å². The van der Waals surface area contributed by atoms with Gasteiger partial charge in [-0.2, -0.15) is 0 Å². The molecule has 1 fully saturated rings. The summed E-state index contributed by atoms with van der Waals surface area (Å²) in [5.41, 5.74) is 1.54. The van der Waals surface area contributed by atoms with Crippen molar-refractivity contribution in [3.63, 3.8) is 0 Å². The number of amides is 2. The summed E-state index contributed by atoms with van der Waals surface area (Å²) < 4.78 is 6.18. The molecule has 6 nitrogen and oxygen atoms in total. The molecular weight excluding hydrogens is 430 g/mol. The molecular formula is C19H18BrN3O3S. The first-order valence-electron chi connectivity index (χ1n) is 8.38. The number of nitrogens with zero attached hydrogens (tertiary/aromatic N) is 1. The van der Waals surface area contributed by atoms with Gasteiger partial charge in [-0.05, 0) is 48.6 Å². The number of anilines is 1. The quantitative estimate of drug-likeness (QED) is 0.707. The molecule has 0 atom stereocenters. The van der Waals surface area contributed by atoms with E-state index < -0.39 is 0 Å². The Morgan fingerprint density at radius 2 is 1.70 bits per heavy atom. The average molecular weight is 448 g/mol. The van der Waals surface area contributed by atoms with Crippen molar-refractivity contribution in [3.05, 3.63) is 64.1 Å². The molecule has 3 rings (SSSR count). The molecule has 0 saturated carbocycles. The van der Waals surface area contributed by atoms with E-state index in [0.717, 1.165) is 4.47 Å². The van der Waals surface area contributed by atoms with Gasteiger partial charge in [0.25, 0.3) is 11.8 Å². The zero-order chi connectivity index (χ0) is 19.2. The molecule has 140 valence electrons. The molecule has 2 aromatic carbocycles. The van der Waals surface area contributed by atoms with Crippen LogP contribution in [0.4, 0.5) is 5.69 Å². The minimum absolute atomic E-state index is 0.0940. The fraction of sp³-hybridized carbons (Fsp3) is 0.211. The Morgan fingerprint density at radius 1 is 1.04 bits per heavy atom. The molecule has 0 bridgehead atoms. The largest absolute Gasteiger partial charge is 0.378 e. The van der Waals surface area contributed by atoms with Crippen LogP contribution in [0.3, 0.4) is 0 Å². The van der Waals surface area contributed by atoms with E-state index >= 15 is 0 Å². The predicted molar refractivity (Wildman–Crippen MR) is 111 cm³/mol. The number of hydrogen-bond acceptors (Lipinski definition) is 4. The molecule has 1 heterocycles. The van der Waals surface area contributed by atoms with Crippen molar-refractivity contribution in [1.29, 1.82) is 0 Å². The summed E-state index contributed by atoms with van der Waals surface area (Å²) in [4.78, 5) is 26.8. The van der Waals surface area contributed by atoms with E-state index in [4.69, 9.17) is 17.0 Å². The Balaban J connectivity index is 1.68. The van der Waals surface area contributed by atoms with Crippen molar-refractivity contribution >= 4 is 50.8 Å². The van der Waals surface area contributed by atoms with Crippen LogP contribution >= 0.6 is 28.1 Å². The Labute approximate surface area is 171 Å². The molecule has 0 aliphatic carbocycles. The molecule has 0 unspecified atom stereocenters. The monoisotopic (exact) mass is 447 g/mol. The number of ether oxygens (including phenoxy) is 1. The molecule has 2 aromatic rings. The first kappa shape index (κ1) is 19.5. The van der Waals surface area contributed by atoms with E-state index in [2.05, 4.69) is 26.6 Å². The minimum Gasteiger partial charge on any atom is -0.378 e. The SMILES string of the molecule is O=C(NC(=S)Nc1ccccc1C(=O)N1CCOCC1)c1ccc(Br)cc1. The Kier molecular flexibility index (Phi) is 6.54. The van der Waals surface area contributed by atoms with Gasteiger partial charge in [0.2, 0.25) is 0 Å². The van der Waals surface area contributed by atoms with Gasteiger partial charge in [-0.1, -0.05) is 28.1 Å². The normalized spacial score (nSPS) is 13.7. The summed E-state index contributed by atoms with van der Waals surface area (Å²) >= 11 is 8.57. The Morgan fingerprint density at radius 3 is 2.41 bits per heavy atom. The molecule has 2 amide bonds. The molecule has 27 heavy (non-hydrogen) atoms. The van der Waals surface area contributed by atoms with E-state index in [9.17, 15) is 9.59 Å². The highest BCUT2D eigenvalue weighted by molar-refractivity contribution is 9.10.